The van der Waals surface area contributed by atoms with Crippen LogP contribution in [0.4, 0.5) is 0 Å². The molecule has 0 aliphatic rings. The van der Waals surface area contributed by atoms with Gasteiger partial charge in [-0.05, 0) is 19.3 Å². The quantitative estimate of drug-likeness (QED) is 0.135. The minimum atomic E-state index is -1.31. The fourth-order valence-corrected chi connectivity index (χ4v) is 2.91. The van der Waals surface area contributed by atoms with E-state index in [0.717, 1.165) is 0 Å². The third kappa shape index (κ3) is 9.15. The van der Waals surface area contributed by atoms with E-state index in [1.165, 1.54) is 19.4 Å². The summed E-state index contributed by atoms with van der Waals surface area (Å²) in [7, 11) is 0. The van der Waals surface area contributed by atoms with Crippen molar-refractivity contribution in [3.8, 4) is 0 Å². The number of carbonyl (C=O) groups excluding carboxylic acids is 4. The zero-order valence-corrected chi connectivity index (χ0v) is 19.3. The zero-order chi connectivity index (χ0) is 26.0. The highest BCUT2D eigenvalue weighted by Crippen LogP contribution is 2.07. The van der Waals surface area contributed by atoms with E-state index in [2.05, 4.69) is 25.9 Å². The van der Waals surface area contributed by atoms with Crippen LogP contribution >= 0.6 is 0 Å². The second-order valence-electron chi connectivity index (χ2n) is 8.24. The number of carboxylic acid groups (broad SMARTS) is 1. The number of hydrogen-bond acceptors (Lipinski definition) is 8. The molecule has 34 heavy (non-hydrogen) atoms. The number of primary amides is 1. The molecule has 0 spiro atoms. The van der Waals surface area contributed by atoms with E-state index in [9.17, 15) is 34.2 Å². The van der Waals surface area contributed by atoms with Gasteiger partial charge in [-0.25, -0.2) is 9.78 Å². The van der Waals surface area contributed by atoms with Crippen LogP contribution in [0.3, 0.4) is 0 Å². The molecule has 0 saturated carbocycles. The Balaban J connectivity index is 3.09. The molecule has 0 aliphatic heterocycles. The molecule has 1 heterocycles. The predicted octanol–water partition coefficient (Wildman–Crippen LogP) is -2.88. The number of aromatic nitrogens is 2. The normalized spacial score (nSPS) is 15.5. The monoisotopic (exact) mass is 483 g/mol. The molecule has 0 aromatic carbocycles. The molecule has 0 saturated heterocycles. The van der Waals surface area contributed by atoms with Crippen molar-refractivity contribution in [1.82, 2.24) is 25.9 Å². The van der Waals surface area contributed by atoms with Gasteiger partial charge >= 0.3 is 5.97 Å². The van der Waals surface area contributed by atoms with Crippen LogP contribution in [0, 0.1) is 5.92 Å². The smallest absolute Gasteiger partial charge is 0.326 e. The molecule has 0 bridgehead atoms. The van der Waals surface area contributed by atoms with E-state index < -0.39 is 65.8 Å². The van der Waals surface area contributed by atoms with E-state index in [4.69, 9.17) is 11.5 Å². The van der Waals surface area contributed by atoms with E-state index in [0.29, 0.717) is 5.69 Å². The first kappa shape index (κ1) is 28.5. The van der Waals surface area contributed by atoms with Crippen molar-refractivity contribution in [3.05, 3.63) is 18.2 Å². The Hall–Kier alpha value is -3.52. The van der Waals surface area contributed by atoms with Gasteiger partial charge in [0.15, 0.2) is 0 Å². The highest BCUT2D eigenvalue weighted by atomic mass is 16.4. The fourth-order valence-electron chi connectivity index (χ4n) is 2.91. The van der Waals surface area contributed by atoms with Crippen LogP contribution in [0.15, 0.2) is 12.5 Å². The summed E-state index contributed by atoms with van der Waals surface area (Å²) in [4.78, 5) is 67.5. The lowest BCUT2D eigenvalue weighted by atomic mass is 10.0. The van der Waals surface area contributed by atoms with Crippen LogP contribution in [0.5, 0.6) is 0 Å². The molecular weight excluding hydrogens is 450 g/mol. The summed E-state index contributed by atoms with van der Waals surface area (Å²) in [5, 5.41) is 26.1. The fraction of sp³-hybridized carbons (Fsp3) is 0.600. The predicted molar refractivity (Wildman–Crippen MR) is 119 cm³/mol. The highest BCUT2D eigenvalue weighted by molar-refractivity contribution is 5.94. The van der Waals surface area contributed by atoms with E-state index in [1.54, 1.807) is 13.8 Å². The maximum absolute atomic E-state index is 13.0. The van der Waals surface area contributed by atoms with Crippen LogP contribution in [0.25, 0.3) is 0 Å². The summed E-state index contributed by atoms with van der Waals surface area (Å²) < 4.78 is 0. The molecule has 1 rings (SSSR count). The maximum Gasteiger partial charge on any atom is 0.326 e. The molecular formula is C20H33N7O7. The average Bonchev–Trinajstić information content (AvgIpc) is 3.25. The average molecular weight is 484 g/mol. The molecule has 0 fully saturated rings. The summed E-state index contributed by atoms with van der Waals surface area (Å²) in [6.45, 7) is 4.50. The number of aromatic amines is 1. The van der Waals surface area contributed by atoms with Gasteiger partial charge in [-0.15, -0.1) is 0 Å². The van der Waals surface area contributed by atoms with Gasteiger partial charge in [0, 0.05) is 24.7 Å². The minimum Gasteiger partial charge on any atom is -0.480 e. The second kappa shape index (κ2) is 13.3. The lowest BCUT2D eigenvalue weighted by Gasteiger charge is -2.26. The molecule has 1 aromatic rings. The SMILES string of the molecule is CC(C)C(NC(=O)C(CCC(N)=O)NC(=O)C(Cc1cnc[nH]1)NC(=O)C(N)C(C)O)C(=O)O. The number of aliphatic hydroxyl groups excluding tert-OH is 1. The molecule has 0 aliphatic carbocycles. The van der Waals surface area contributed by atoms with Crippen LogP contribution in [0.2, 0.25) is 0 Å². The number of nitrogens with two attached hydrogens (primary N) is 2. The molecule has 4 amide bonds. The van der Waals surface area contributed by atoms with Gasteiger partial charge in [-0.3, -0.25) is 19.2 Å². The Morgan fingerprint density at radius 3 is 2.09 bits per heavy atom. The number of carboxylic acids is 1. The Bertz CT molecular complexity index is 857. The van der Waals surface area contributed by atoms with E-state index in [-0.39, 0.29) is 19.3 Å². The summed E-state index contributed by atoms with van der Waals surface area (Å²) in [5.74, 6) is -4.89. The van der Waals surface area contributed by atoms with Crippen molar-refractivity contribution in [3.63, 3.8) is 0 Å². The van der Waals surface area contributed by atoms with Gasteiger partial charge in [0.1, 0.15) is 24.2 Å². The largest absolute Gasteiger partial charge is 0.480 e. The lowest BCUT2D eigenvalue weighted by Crippen LogP contribution is -2.59. The van der Waals surface area contributed by atoms with Crippen LogP contribution in [0.1, 0.15) is 39.3 Å². The second-order valence-corrected chi connectivity index (χ2v) is 8.24. The number of H-pyrrole nitrogens is 1. The van der Waals surface area contributed by atoms with Crippen molar-refractivity contribution >= 4 is 29.6 Å². The van der Waals surface area contributed by atoms with Crippen LogP contribution < -0.4 is 27.4 Å². The van der Waals surface area contributed by atoms with Gasteiger partial charge in [0.2, 0.25) is 23.6 Å². The first-order valence-electron chi connectivity index (χ1n) is 10.7. The number of carbonyl (C=O) groups is 5. The van der Waals surface area contributed by atoms with Crippen molar-refractivity contribution < 1.29 is 34.2 Å². The minimum absolute atomic E-state index is 0.0575. The van der Waals surface area contributed by atoms with Gasteiger partial charge in [0.05, 0.1) is 12.4 Å². The standard InChI is InChI=1S/C20H33N7O7/c1-9(2)16(20(33)34)27-17(30)12(4-5-14(21)29)25-18(31)13(6-11-7-23-8-24-11)26-19(32)15(22)10(3)28/h7-10,12-13,15-16,28H,4-6,22H2,1-3H3,(H2,21,29)(H,23,24)(H,25,31)(H,26,32)(H,27,30)(H,33,34). The molecule has 10 N–H and O–H groups in total. The van der Waals surface area contributed by atoms with Crippen molar-refractivity contribution in [2.24, 2.45) is 17.4 Å². The molecule has 14 nitrogen and oxygen atoms in total. The van der Waals surface area contributed by atoms with Crippen LogP contribution in [-0.2, 0) is 30.4 Å². The number of hydrogen-bond donors (Lipinski definition) is 8. The van der Waals surface area contributed by atoms with Gasteiger partial charge in [-0.2, -0.15) is 0 Å². The Kier molecular flexibility index (Phi) is 11.1. The number of nitrogens with one attached hydrogen (secondary N) is 4. The molecule has 5 unspecified atom stereocenters. The third-order valence-corrected chi connectivity index (χ3v) is 4.98. The molecule has 0 radical (unpaired) electrons. The lowest BCUT2D eigenvalue weighted by molar-refractivity contribution is -0.143. The number of imidazole rings is 1. The summed E-state index contributed by atoms with van der Waals surface area (Å²) in [5.41, 5.74) is 11.3. The number of aliphatic hydroxyl groups is 1. The Morgan fingerprint density at radius 2 is 1.62 bits per heavy atom. The van der Waals surface area contributed by atoms with Gasteiger partial charge in [0.25, 0.3) is 0 Å². The third-order valence-electron chi connectivity index (χ3n) is 4.98. The molecule has 5 atom stereocenters. The van der Waals surface area contributed by atoms with E-state index in [1.807, 2.05) is 0 Å². The first-order chi connectivity index (χ1) is 15.8. The molecule has 190 valence electrons. The Labute approximate surface area is 196 Å². The topological polar surface area (TPSA) is 243 Å². The molecule has 1 aromatic heterocycles. The van der Waals surface area contributed by atoms with Gasteiger partial charge < -0.3 is 42.6 Å². The number of amides is 4. The van der Waals surface area contributed by atoms with Crippen LogP contribution in [-0.4, -0.2) is 80.1 Å². The van der Waals surface area contributed by atoms with Crippen molar-refractivity contribution in [1.29, 1.82) is 0 Å². The number of rotatable bonds is 14. The van der Waals surface area contributed by atoms with Crippen molar-refractivity contribution in [2.75, 3.05) is 0 Å². The maximum atomic E-state index is 13.0. The number of aliphatic carboxylic acids is 1. The summed E-state index contributed by atoms with van der Waals surface area (Å²) in [6.07, 6.45) is 1.09. The Morgan fingerprint density at radius 1 is 1.03 bits per heavy atom. The first-order valence-corrected chi connectivity index (χ1v) is 10.7. The highest BCUT2D eigenvalue weighted by Gasteiger charge is 2.32. The summed E-state index contributed by atoms with van der Waals surface area (Å²) >= 11 is 0. The zero-order valence-electron chi connectivity index (χ0n) is 19.3. The van der Waals surface area contributed by atoms with E-state index >= 15 is 0 Å². The molecule has 14 heteroatoms. The number of nitrogens with zero attached hydrogens (tertiary/aromatic N) is 1. The summed E-state index contributed by atoms with van der Waals surface area (Å²) in [6, 6.07) is -5.09. The van der Waals surface area contributed by atoms with Gasteiger partial charge in [-0.1, -0.05) is 13.8 Å². The van der Waals surface area contributed by atoms with Crippen molar-refractivity contribution in [2.45, 2.75) is 70.3 Å².